The third-order valence-electron chi connectivity index (χ3n) is 5.24. The number of rotatable bonds is 12. The normalized spacial score (nSPS) is 19.3. The number of carboxylic acids is 1. The molecule has 0 spiro atoms. The van der Waals surface area contributed by atoms with Gasteiger partial charge in [-0.15, -0.1) is 0 Å². The predicted molar refractivity (Wildman–Crippen MR) is 133 cm³/mol. The summed E-state index contributed by atoms with van der Waals surface area (Å²) < 4.78 is 57.7. The lowest BCUT2D eigenvalue weighted by molar-refractivity contribution is -0.201. The summed E-state index contributed by atoms with van der Waals surface area (Å²) in [5.74, 6) is 0.383. The summed E-state index contributed by atoms with van der Waals surface area (Å²) in [6.07, 6.45) is -0.295. The lowest BCUT2D eigenvalue weighted by Gasteiger charge is -2.39. The Bertz CT molecular complexity index is 1140. The van der Waals surface area contributed by atoms with Crippen molar-refractivity contribution in [2.24, 2.45) is 11.6 Å². The van der Waals surface area contributed by atoms with E-state index in [-0.39, 0.29) is 30.0 Å². The molecule has 0 radical (unpaired) electrons. The molecule has 1 saturated heterocycles. The van der Waals surface area contributed by atoms with Crippen LogP contribution in [0.5, 0.6) is 0 Å². The number of halogens is 5. The van der Waals surface area contributed by atoms with Crippen LogP contribution in [0.4, 0.5) is 13.2 Å². The molecule has 1 fully saturated rings. The first kappa shape index (κ1) is 29.4. The summed E-state index contributed by atoms with van der Waals surface area (Å²) in [6, 6.07) is 6.38. The maximum atomic E-state index is 13.6. The van der Waals surface area contributed by atoms with Crippen molar-refractivity contribution in [2.45, 2.75) is 35.6 Å². The molecule has 0 aromatic heterocycles. The predicted octanol–water partition coefficient (Wildman–Crippen LogP) is 4.24. The Hall–Kier alpha value is -2.19. The van der Waals surface area contributed by atoms with Gasteiger partial charge in [-0.3, -0.25) is 0 Å². The molecule has 14 heteroatoms. The minimum Gasteiger partial charge on any atom is -0.480 e. The van der Waals surface area contributed by atoms with E-state index in [1.165, 1.54) is 11.8 Å². The molecule has 0 amide bonds. The molecule has 0 saturated carbocycles. The summed E-state index contributed by atoms with van der Waals surface area (Å²) in [6.45, 7) is 1.33. The zero-order chi connectivity index (χ0) is 27.3. The van der Waals surface area contributed by atoms with Crippen LogP contribution in [0.1, 0.15) is 12.5 Å². The second-order valence-electron chi connectivity index (χ2n) is 8.05. The molecule has 0 bridgehead atoms. The van der Waals surface area contributed by atoms with Crippen molar-refractivity contribution in [3.05, 3.63) is 69.6 Å². The minimum atomic E-state index is -1.63. The second kappa shape index (κ2) is 13.1. The average molecular weight is 582 g/mol. The van der Waals surface area contributed by atoms with E-state index in [1.807, 2.05) is 6.92 Å². The number of benzene rings is 2. The Labute approximate surface area is 225 Å². The lowest BCUT2D eigenvalue weighted by Crippen LogP contribution is -2.50. The van der Waals surface area contributed by atoms with Gasteiger partial charge in [-0.1, -0.05) is 35.0 Å². The standard InChI is InChI=1S/C23H24Cl2F3N3O5S/c1-11-20(9-34-11)36-23(37-13-2-3-14(24)15(25)6-13)19(35-10-21(32)33)8-31(30)7-18(29)12-4-16(26)22(28)17(27)5-12/h2-7,11,19-20,23H,8-10,29-30H2,1H3,(H,32,33)/b18-7-/t11?,19-,20?,23?/m0/s1. The Morgan fingerprint density at radius 2 is 1.95 bits per heavy atom. The van der Waals surface area contributed by atoms with Crippen molar-refractivity contribution < 1.29 is 37.3 Å². The Balaban J connectivity index is 1.85. The highest BCUT2D eigenvalue weighted by Crippen LogP contribution is 2.35. The van der Waals surface area contributed by atoms with E-state index < -0.39 is 41.6 Å². The van der Waals surface area contributed by atoms with E-state index in [1.54, 1.807) is 18.2 Å². The van der Waals surface area contributed by atoms with Gasteiger partial charge in [0.05, 0.1) is 35.0 Å². The molecule has 2 aromatic carbocycles. The smallest absolute Gasteiger partial charge is 0.329 e. The van der Waals surface area contributed by atoms with Crippen LogP contribution < -0.4 is 11.6 Å². The van der Waals surface area contributed by atoms with Gasteiger partial charge >= 0.3 is 5.97 Å². The monoisotopic (exact) mass is 581 g/mol. The van der Waals surface area contributed by atoms with Crippen molar-refractivity contribution in [1.82, 2.24) is 5.01 Å². The minimum absolute atomic E-state index is 0.145. The van der Waals surface area contributed by atoms with Crippen molar-refractivity contribution in [1.29, 1.82) is 0 Å². The fourth-order valence-electron chi connectivity index (χ4n) is 3.20. The van der Waals surface area contributed by atoms with E-state index in [4.69, 9.17) is 49.0 Å². The van der Waals surface area contributed by atoms with Crippen LogP contribution in [-0.4, -0.2) is 59.6 Å². The summed E-state index contributed by atoms with van der Waals surface area (Å²) >= 11 is 13.3. The van der Waals surface area contributed by atoms with Crippen molar-refractivity contribution in [3.8, 4) is 0 Å². The van der Waals surface area contributed by atoms with E-state index in [9.17, 15) is 23.1 Å². The molecule has 1 aliphatic rings. The van der Waals surface area contributed by atoms with Crippen LogP contribution in [0, 0.1) is 17.5 Å². The first-order chi connectivity index (χ1) is 17.4. The fraction of sp³-hybridized carbons (Fsp3) is 0.348. The number of thioether (sulfide) groups is 1. The number of nitrogens with zero attached hydrogens (tertiary/aromatic N) is 1. The highest BCUT2D eigenvalue weighted by atomic mass is 35.5. The number of carbonyl (C=O) groups is 1. The van der Waals surface area contributed by atoms with E-state index in [2.05, 4.69) is 0 Å². The third kappa shape index (κ3) is 8.14. The average Bonchev–Trinajstić information content (AvgIpc) is 2.83. The summed E-state index contributed by atoms with van der Waals surface area (Å²) in [7, 11) is 0. The highest BCUT2D eigenvalue weighted by molar-refractivity contribution is 7.99. The van der Waals surface area contributed by atoms with E-state index >= 15 is 0 Å². The maximum Gasteiger partial charge on any atom is 0.329 e. The summed E-state index contributed by atoms with van der Waals surface area (Å²) in [5.41, 5.74) is 4.80. The number of ether oxygens (including phenoxy) is 3. The molecule has 3 unspecified atom stereocenters. The largest absolute Gasteiger partial charge is 0.480 e. The van der Waals surface area contributed by atoms with Crippen LogP contribution in [0.3, 0.4) is 0 Å². The van der Waals surface area contributed by atoms with Gasteiger partial charge in [-0.05, 0) is 37.3 Å². The molecule has 2 aromatic rings. The van der Waals surface area contributed by atoms with Crippen molar-refractivity contribution >= 4 is 46.6 Å². The Morgan fingerprint density at radius 1 is 1.27 bits per heavy atom. The Kier molecular flexibility index (Phi) is 10.4. The van der Waals surface area contributed by atoms with Gasteiger partial charge in [-0.25, -0.2) is 23.8 Å². The van der Waals surface area contributed by atoms with E-state index in [0.717, 1.165) is 23.3 Å². The first-order valence-corrected chi connectivity index (χ1v) is 12.4. The lowest BCUT2D eigenvalue weighted by atomic mass is 10.1. The second-order valence-corrected chi connectivity index (χ2v) is 10.0. The molecular weight excluding hydrogens is 558 g/mol. The van der Waals surface area contributed by atoms with Gasteiger partial charge in [-0.2, -0.15) is 0 Å². The number of hydrogen-bond donors (Lipinski definition) is 3. The zero-order valence-electron chi connectivity index (χ0n) is 19.4. The van der Waals surface area contributed by atoms with Crippen molar-refractivity contribution in [3.63, 3.8) is 0 Å². The molecule has 4 atom stereocenters. The number of aliphatic carboxylic acids is 1. The van der Waals surface area contributed by atoms with Gasteiger partial charge < -0.3 is 30.1 Å². The molecule has 37 heavy (non-hydrogen) atoms. The molecule has 1 aliphatic heterocycles. The van der Waals surface area contributed by atoms with Gasteiger partial charge in [0.2, 0.25) is 0 Å². The van der Waals surface area contributed by atoms with Gasteiger partial charge in [0.25, 0.3) is 0 Å². The highest BCUT2D eigenvalue weighted by Gasteiger charge is 2.36. The van der Waals surface area contributed by atoms with Crippen LogP contribution in [0.15, 0.2) is 41.4 Å². The SMILES string of the molecule is CC1OCC1OC(Sc1ccc(Cl)c(Cl)c1)[C@H](CN(N)/C=C(\N)c1cc(F)c(F)c(F)c1)OCC(=O)O. The molecule has 0 aliphatic carbocycles. The summed E-state index contributed by atoms with van der Waals surface area (Å²) in [4.78, 5) is 11.9. The molecule has 202 valence electrons. The number of nitrogens with two attached hydrogens (primary N) is 2. The van der Waals surface area contributed by atoms with Crippen LogP contribution in [0.25, 0.3) is 5.70 Å². The maximum absolute atomic E-state index is 13.6. The van der Waals surface area contributed by atoms with E-state index in [0.29, 0.717) is 21.5 Å². The van der Waals surface area contributed by atoms with Crippen LogP contribution in [0.2, 0.25) is 10.0 Å². The number of hydrazine groups is 1. The fourth-order valence-corrected chi connectivity index (χ4v) is 4.67. The number of hydrogen-bond acceptors (Lipinski definition) is 8. The Morgan fingerprint density at radius 3 is 2.49 bits per heavy atom. The molecule has 3 rings (SSSR count). The van der Waals surface area contributed by atoms with Crippen LogP contribution in [-0.2, 0) is 19.0 Å². The van der Waals surface area contributed by atoms with Gasteiger partial charge in [0.15, 0.2) is 17.5 Å². The van der Waals surface area contributed by atoms with Gasteiger partial charge in [0.1, 0.15) is 24.3 Å². The van der Waals surface area contributed by atoms with Crippen molar-refractivity contribution in [2.75, 3.05) is 19.8 Å². The number of carboxylic acid groups (broad SMARTS) is 1. The first-order valence-electron chi connectivity index (χ1n) is 10.8. The summed E-state index contributed by atoms with van der Waals surface area (Å²) in [5, 5.41) is 10.9. The topological polar surface area (TPSA) is 120 Å². The molecular formula is C23H24Cl2F3N3O5S. The quantitative estimate of drug-likeness (QED) is 0.111. The third-order valence-corrected chi connectivity index (χ3v) is 7.15. The van der Waals surface area contributed by atoms with Gasteiger partial charge in [0, 0.05) is 16.7 Å². The van der Waals surface area contributed by atoms with Crippen LogP contribution >= 0.6 is 35.0 Å². The zero-order valence-corrected chi connectivity index (χ0v) is 21.7. The molecule has 5 N–H and O–H groups in total. The molecule has 1 heterocycles. The molecule has 8 nitrogen and oxygen atoms in total.